The van der Waals surface area contributed by atoms with Crippen molar-refractivity contribution in [3.05, 3.63) is 119 Å². The van der Waals surface area contributed by atoms with Gasteiger partial charge in [-0.05, 0) is 88.2 Å². The van der Waals surface area contributed by atoms with Gasteiger partial charge in [0.05, 0.1) is 12.1 Å². The van der Waals surface area contributed by atoms with Crippen LogP contribution in [0.5, 0.6) is 11.6 Å². The third-order valence-corrected chi connectivity index (χ3v) is 8.87. The standard InChI is InChI=1S/C40H49N5O3/c1-7-28(2)38-43-35-36(29(3)30(4)42-40(35)48-34-18-12-9-13-19-34)45(38)25-15-14-24-41-39(46)33-22-20-32(21-23-33)37(47-27-26-44(5)6)31-16-10-8-11-17-31/h8-13,16-23,28,37H,7,14-15,24-27H2,1-6H3,(H,41,46). The number of aryl methyl sites for hydroxylation is 3. The van der Waals surface area contributed by atoms with Crippen LogP contribution in [0.2, 0.25) is 0 Å². The molecule has 2 aromatic heterocycles. The Bertz CT molecular complexity index is 1770. The van der Waals surface area contributed by atoms with E-state index in [1.54, 1.807) is 0 Å². The first kappa shape index (κ1) is 34.8. The predicted molar refractivity (Wildman–Crippen MR) is 193 cm³/mol. The Balaban J connectivity index is 1.23. The van der Waals surface area contributed by atoms with Crippen molar-refractivity contribution in [2.45, 2.75) is 65.5 Å². The summed E-state index contributed by atoms with van der Waals surface area (Å²) in [5.41, 5.74) is 6.68. The maximum absolute atomic E-state index is 13.1. The van der Waals surface area contributed by atoms with Gasteiger partial charge in [0, 0.05) is 36.8 Å². The van der Waals surface area contributed by atoms with Gasteiger partial charge in [0.1, 0.15) is 17.7 Å². The molecule has 0 saturated heterocycles. The van der Waals surface area contributed by atoms with Crippen LogP contribution in [0.4, 0.5) is 0 Å². The number of aromatic nitrogens is 3. The predicted octanol–water partition coefficient (Wildman–Crippen LogP) is 8.23. The Labute approximate surface area is 285 Å². The number of carbonyl (C=O) groups is 1. The van der Waals surface area contributed by atoms with Gasteiger partial charge >= 0.3 is 0 Å². The van der Waals surface area contributed by atoms with Gasteiger partial charge in [-0.2, -0.15) is 0 Å². The molecule has 0 aliphatic carbocycles. The normalized spacial score (nSPS) is 12.7. The number of hydrogen-bond acceptors (Lipinski definition) is 6. The fraction of sp³-hybridized carbons (Fsp3) is 0.375. The van der Waals surface area contributed by atoms with Crippen molar-refractivity contribution in [1.82, 2.24) is 24.8 Å². The quantitative estimate of drug-likeness (QED) is 0.109. The SMILES string of the molecule is CCC(C)c1nc2c(Oc3ccccc3)nc(C)c(C)c2n1CCCCNC(=O)c1ccc(C(OCCN(C)C)c2ccccc2)cc1. The van der Waals surface area contributed by atoms with Gasteiger partial charge in [0.2, 0.25) is 5.88 Å². The maximum atomic E-state index is 13.1. The van der Waals surface area contributed by atoms with E-state index in [1.165, 1.54) is 0 Å². The fourth-order valence-electron chi connectivity index (χ4n) is 5.79. The van der Waals surface area contributed by atoms with Crippen molar-refractivity contribution in [3.63, 3.8) is 0 Å². The van der Waals surface area contributed by atoms with Crippen molar-refractivity contribution < 1.29 is 14.3 Å². The van der Waals surface area contributed by atoms with Gasteiger partial charge in [-0.25, -0.2) is 9.97 Å². The second-order valence-electron chi connectivity index (χ2n) is 12.7. The molecule has 8 nitrogen and oxygen atoms in total. The molecule has 0 aliphatic heterocycles. The number of hydrogen-bond donors (Lipinski definition) is 1. The number of unbranched alkanes of at least 4 members (excludes halogenated alkanes) is 1. The zero-order valence-electron chi connectivity index (χ0n) is 29.2. The minimum atomic E-state index is -0.188. The Kier molecular flexibility index (Phi) is 12.0. The third kappa shape index (κ3) is 8.48. The van der Waals surface area contributed by atoms with Crippen LogP contribution in [0.1, 0.15) is 83.7 Å². The number of para-hydroxylation sites is 1. The van der Waals surface area contributed by atoms with E-state index in [-0.39, 0.29) is 17.9 Å². The second-order valence-corrected chi connectivity index (χ2v) is 12.7. The summed E-state index contributed by atoms with van der Waals surface area (Å²) < 4.78 is 14.9. The lowest BCUT2D eigenvalue weighted by molar-refractivity contribution is 0.0687. The zero-order chi connectivity index (χ0) is 34.0. The number of rotatable bonds is 16. The van der Waals surface area contributed by atoms with Crippen LogP contribution in [0.15, 0.2) is 84.9 Å². The van der Waals surface area contributed by atoms with E-state index in [0.29, 0.717) is 24.6 Å². The lowest BCUT2D eigenvalue weighted by atomic mass is 10.00. The molecule has 5 rings (SSSR count). The lowest BCUT2D eigenvalue weighted by Crippen LogP contribution is -2.24. The van der Waals surface area contributed by atoms with Crippen molar-refractivity contribution in [3.8, 4) is 11.6 Å². The van der Waals surface area contributed by atoms with E-state index in [4.69, 9.17) is 19.4 Å². The van der Waals surface area contributed by atoms with Gasteiger partial charge < -0.3 is 24.3 Å². The summed E-state index contributed by atoms with van der Waals surface area (Å²) in [7, 11) is 4.07. The molecular formula is C40H49N5O3. The molecule has 2 unspecified atom stereocenters. The number of pyridine rings is 1. The van der Waals surface area contributed by atoms with Gasteiger partial charge in [-0.1, -0.05) is 74.5 Å². The van der Waals surface area contributed by atoms with Crippen LogP contribution in [-0.2, 0) is 11.3 Å². The Hall–Kier alpha value is -4.53. The minimum Gasteiger partial charge on any atom is -0.437 e. The average Bonchev–Trinajstić information content (AvgIpc) is 3.49. The summed E-state index contributed by atoms with van der Waals surface area (Å²) in [6.07, 6.45) is 2.53. The lowest BCUT2D eigenvalue weighted by Gasteiger charge is -2.20. The molecule has 0 radical (unpaired) electrons. The highest BCUT2D eigenvalue weighted by molar-refractivity contribution is 5.94. The Morgan fingerprint density at radius 2 is 1.56 bits per heavy atom. The number of amides is 1. The molecule has 0 fully saturated rings. The minimum absolute atomic E-state index is 0.0695. The number of imidazole rings is 1. The van der Waals surface area contributed by atoms with Crippen LogP contribution >= 0.6 is 0 Å². The second kappa shape index (κ2) is 16.5. The van der Waals surface area contributed by atoms with E-state index in [0.717, 1.165) is 77.3 Å². The molecule has 252 valence electrons. The molecule has 0 saturated carbocycles. The smallest absolute Gasteiger partial charge is 0.251 e. The molecule has 3 aromatic carbocycles. The number of carbonyl (C=O) groups excluding carboxylic acids is 1. The number of fused-ring (bicyclic) bond motifs is 1. The average molecular weight is 648 g/mol. The highest BCUT2D eigenvalue weighted by atomic mass is 16.5. The molecule has 5 aromatic rings. The highest BCUT2D eigenvalue weighted by Gasteiger charge is 2.22. The molecule has 0 aliphatic rings. The number of benzene rings is 3. The molecule has 1 N–H and O–H groups in total. The van der Waals surface area contributed by atoms with Gasteiger partial charge in [0.25, 0.3) is 5.91 Å². The van der Waals surface area contributed by atoms with E-state index < -0.39 is 0 Å². The van der Waals surface area contributed by atoms with Crippen LogP contribution in [0.3, 0.4) is 0 Å². The first-order valence-corrected chi connectivity index (χ1v) is 17.1. The molecule has 1 amide bonds. The van der Waals surface area contributed by atoms with E-state index in [1.807, 2.05) is 93.8 Å². The number of likely N-dealkylation sites (N-methyl/N-ethyl adjacent to an activating group) is 1. The molecule has 2 heterocycles. The Morgan fingerprint density at radius 3 is 2.23 bits per heavy atom. The van der Waals surface area contributed by atoms with Crippen molar-refractivity contribution in [2.75, 3.05) is 33.8 Å². The molecule has 0 spiro atoms. The molecule has 48 heavy (non-hydrogen) atoms. The van der Waals surface area contributed by atoms with E-state index in [9.17, 15) is 4.79 Å². The number of nitrogens with one attached hydrogen (secondary N) is 1. The Morgan fingerprint density at radius 1 is 0.896 bits per heavy atom. The maximum Gasteiger partial charge on any atom is 0.251 e. The summed E-state index contributed by atoms with van der Waals surface area (Å²) >= 11 is 0. The van der Waals surface area contributed by atoms with Crippen molar-refractivity contribution >= 4 is 16.9 Å². The van der Waals surface area contributed by atoms with E-state index in [2.05, 4.69) is 47.7 Å². The monoisotopic (exact) mass is 647 g/mol. The molecule has 0 bridgehead atoms. The van der Waals surface area contributed by atoms with Crippen molar-refractivity contribution in [2.24, 2.45) is 0 Å². The molecule has 8 heteroatoms. The highest BCUT2D eigenvalue weighted by Crippen LogP contribution is 2.34. The van der Waals surface area contributed by atoms with Gasteiger partial charge in [0.15, 0.2) is 5.52 Å². The zero-order valence-corrected chi connectivity index (χ0v) is 29.2. The third-order valence-electron chi connectivity index (χ3n) is 8.87. The first-order chi connectivity index (χ1) is 23.3. The number of nitrogens with zero attached hydrogens (tertiary/aromatic N) is 4. The molecular weight excluding hydrogens is 598 g/mol. The van der Waals surface area contributed by atoms with Crippen molar-refractivity contribution in [1.29, 1.82) is 0 Å². The summed E-state index contributed by atoms with van der Waals surface area (Å²) in [6.45, 7) is 11.4. The van der Waals surface area contributed by atoms with Gasteiger partial charge in [-0.3, -0.25) is 4.79 Å². The summed E-state index contributed by atoms with van der Waals surface area (Å²) in [5, 5.41) is 3.12. The summed E-state index contributed by atoms with van der Waals surface area (Å²) in [4.78, 5) is 25.1. The summed E-state index contributed by atoms with van der Waals surface area (Å²) in [6, 6.07) is 27.7. The first-order valence-electron chi connectivity index (χ1n) is 17.1. The molecule has 2 atom stereocenters. The summed E-state index contributed by atoms with van der Waals surface area (Å²) in [5.74, 6) is 2.54. The van der Waals surface area contributed by atoms with Crippen LogP contribution in [0.25, 0.3) is 11.0 Å². The van der Waals surface area contributed by atoms with Gasteiger partial charge in [-0.15, -0.1) is 0 Å². The van der Waals surface area contributed by atoms with Crippen LogP contribution in [0, 0.1) is 13.8 Å². The fourth-order valence-corrected chi connectivity index (χ4v) is 5.79. The largest absolute Gasteiger partial charge is 0.437 e. The topological polar surface area (TPSA) is 81.5 Å². The van der Waals surface area contributed by atoms with Crippen LogP contribution < -0.4 is 10.1 Å². The number of ether oxygens (including phenoxy) is 2. The van der Waals surface area contributed by atoms with Crippen LogP contribution in [-0.4, -0.2) is 59.1 Å². The van der Waals surface area contributed by atoms with E-state index >= 15 is 0 Å².